The van der Waals surface area contributed by atoms with E-state index in [9.17, 15) is 4.79 Å². The Labute approximate surface area is 127 Å². The lowest BCUT2D eigenvalue weighted by atomic mass is 10.1. The van der Waals surface area contributed by atoms with Gasteiger partial charge in [-0.15, -0.1) is 0 Å². The van der Waals surface area contributed by atoms with E-state index in [4.69, 9.17) is 4.74 Å². The molecule has 1 aliphatic heterocycles. The summed E-state index contributed by atoms with van der Waals surface area (Å²) in [5.41, 5.74) is 0.811. The Morgan fingerprint density at radius 2 is 2.10 bits per heavy atom. The maximum Gasteiger partial charge on any atom is 0.224 e. The number of likely N-dealkylation sites (tertiary alicyclic amines) is 1. The molecule has 0 radical (unpaired) electrons. The second kappa shape index (κ2) is 7.46. The van der Waals surface area contributed by atoms with E-state index in [1.54, 1.807) is 0 Å². The maximum atomic E-state index is 11.8. The fourth-order valence-corrected chi connectivity index (χ4v) is 2.53. The molecule has 0 spiro atoms. The third kappa shape index (κ3) is 5.38. The van der Waals surface area contributed by atoms with Crippen molar-refractivity contribution >= 4 is 11.6 Å². The summed E-state index contributed by atoms with van der Waals surface area (Å²) in [5, 5.41) is 2.93. The molecule has 1 heterocycles. The molecule has 0 bridgehead atoms. The lowest BCUT2D eigenvalue weighted by molar-refractivity contribution is -0.116. The van der Waals surface area contributed by atoms with Crippen LogP contribution in [0.3, 0.4) is 0 Å². The molecular weight excluding hydrogens is 264 g/mol. The Morgan fingerprint density at radius 1 is 1.38 bits per heavy atom. The van der Waals surface area contributed by atoms with Crippen LogP contribution in [0.15, 0.2) is 24.3 Å². The van der Waals surface area contributed by atoms with Gasteiger partial charge in [0, 0.05) is 31.3 Å². The SMILES string of the molecule is CC(C)CC(=O)Nc1cccc(OC2CCN(C)CC2)c1. The molecule has 1 N–H and O–H groups in total. The summed E-state index contributed by atoms with van der Waals surface area (Å²) in [6.07, 6.45) is 2.93. The summed E-state index contributed by atoms with van der Waals surface area (Å²) in [6, 6.07) is 7.70. The number of carbonyl (C=O) groups excluding carboxylic acids is 1. The molecule has 1 aromatic rings. The quantitative estimate of drug-likeness (QED) is 0.906. The van der Waals surface area contributed by atoms with E-state index in [1.165, 1.54) is 0 Å². The third-order valence-corrected chi connectivity index (χ3v) is 3.68. The van der Waals surface area contributed by atoms with Gasteiger partial charge in [0.1, 0.15) is 11.9 Å². The van der Waals surface area contributed by atoms with Crippen molar-refractivity contribution in [3.8, 4) is 5.75 Å². The molecule has 0 saturated carbocycles. The standard InChI is InChI=1S/C17H26N2O2/c1-13(2)11-17(20)18-14-5-4-6-16(12-14)21-15-7-9-19(3)10-8-15/h4-6,12-13,15H,7-11H2,1-3H3,(H,18,20). The molecule has 0 unspecified atom stereocenters. The van der Waals surface area contributed by atoms with E-state index in [2.05, 4.69) is 17.3 Å². The number of nitrogens with zero attached hydrogens (tertiary/aromatic N) is 1. The van der Waals surface area contributed by atoms with Crippen molar-refractivity contribution in [2.24, 2.45) is 5.92 Å². The molecule has 1 saturated heterocycles. The number of hydrogen-bond acceptors (Lipinski definition) is 3. The average Bonchev–Trinajstić information content (AvgIpc) is 2.41. The summed E-state index contributed by atoms with van der Waals surface area (Å²) in [6.45, 7) is 6.24. The highest BCUT2D eigenvalue weighted by molar-refractivity contribution is 5.90. The monoisotopic (exact) mass is 290 g/mol. The number of amides is 1. The van der Waals surface area contributed by atoms with Gasteiger partial charge in [0.25, 0.3) is 0 Å². The first kappa shape index (κ1) is 15.8. The van der Waals surface area contributed by atoms with Crippen LogP contribution in [-0.2, 0) is 4.79 Å². The van der Waals surface area contributed by atoms with Crippen molar-refractivity contribution in [2.45, 2.75) is 39.2 Å². The van der Waals surface area contributed by atoms with E-state index in [0.717, 1.165) is 37.4 Å². The van der Waals surface area contributed by atoms with Gasteiger partial charge in [-0.1, -0.05) is 19.9 Å². The van der Waals surface area contributed by atoms with Gasteiger partial charge in [0.05, 0.1) is 0 Å². The Balaban J connectivity index is 1.90. The summed E-state index contributed by atoms with van der Waals surface area (Å²) >= 11 is 0. The molecule has 1 aromatic carbocycles. The van der Waals surface area contributed by atoms with Crippen LogP contribution in [0.4, 0.5) is 5.69 Å². The molecule has 1 fully saturated rings. The van der Waals surface area contributed by atoms with Gasteiger partial charge in [-0.25, -0.2) is 0 Å². The molecule has 1 aliphatic rings. The zero-order valence-corrected chi connectivity index (χ0v) is 13.3. The zero-order valence-electron chi connectivity index (χ0n) is 13.3. The third-order valence-electron chi connectivity index (χ3n) is 3.68. The largest absolute Gasteiger partial charge is 0.490 e. The van der Waals surface area contributed by atoms with Crippen molar-refractivity contribution in [3.63, 3.8) is 0 Å². The average molecular weight is 290 g/mol. The van der Waals surface area contributed by atoms with E-state index < -0.39 is 0 Å². The number of nitrogens with one attached hydrogen (secondary N) is 1. The van der Waals surface area contributed by atoms with Crippen molar-refractivity contribution in [1.82, 2.24) is 4.90 Å². The molecule has 0 aliphatic carbocycles. The van der Waals surface area contributed by atoms with Crippen LogP contribution in [-0.4, -0.2) is 37.0 Å². The Morgan fingerprint density at radius 3 is 2.76 bits per heavy atom. The normalized spacial score (nSPS) is 17.0. The van der Waals surface area contributed by atoms with Crippen molar-refractivity contribution in [1.29, 1.82) is 0 Å². The van der Waals surface area contributed by atoms with E-state index in [1.807, 2.05) is 38.1 Å². The van der Waals surface area contributed by atoms with Gasteiger partial charge in [-0.2, -0.15) is 0 Å². The molecule has 21 heavy (non-hydrogen) atoms. The maximum absolute atomic E-state index is 11.8. The molecular formula is C17H26N2O2. The highest BCUT2D eigenvalue weighted by atomic mass is 16.5. The molecule has 4 heteroatoms. The number of rotatable bonds is 5. The van der Waals surface area contributed by atoms with Crippen LogP contribution in [0, 0.1) is 5.92 Å². The summed E-state index contributed by atoms with van der Waals surface area (Å²) in [4.78, 5) is 14.1. The lowest BCUT2D eigenvalue weighted by Crippen LogP contribution is -2.35. The van der Waals surface area contributed by atoms with Crippen LogP contribution in [0.5, 0.6) is 5.75 Å². The number of piperidine rings is 1. The topological polar surface area (TPSA) is 41.6 Å². The van der Waals surface area contributed by atoms with E-state index >= 15 is 0 Å². The number of benzene rings is 1. The highest BCUT2D eigenvalue weighted by Crippen LogP contribution is 2.22. The Hall–Kier alpha value is -1.55. The van der Waals surface area contributed by atoms with Crippen molar-refractivity contribution < 1.29 is 9.53 Å². The lowest BCUT2D eigenvalue weighted by Gasteiger charge is -2.29. The summed E-state index contributed by atoms with van der Waals surface area (Å²) < 4.78 is 6.03. The Kier molecular flexibility index (Phi) is 5.62. The van der Waals surface area contributed by atoms with Crippen LogP contribution < -0.4 is 10.1 Å². The number of ether oxygens (including phenoxy) is 1. The second-order valence-corrected chi connectivity index (χ2v) is 6.29. The molecule has 4 nitrogen and oxygen atoms in total. The van der Waals surface area contributed by atoms with Gasteiger partial charge in [-0.05, 0) is 37.9 Å². The van der Waals surface area contributed by atoms with E-state index in [0.29, 0.717) is 12.3 Å². The zero-order chi connectivity index (χ0) is 15.2. The first-order chi connectivity index (χ1) is 10.0. The minimum Gasteiger partial charge on any atom is -0.490 e. The first-order valence-corrected chi connectivity index (χ1v) is 7.78. The molecule has 1 amide bonds. The highest BCUT2D eigenvalue weighted by Gasteiger charge is 2.18. The number of carbonyl (C=O) groups is 1. The smallest absolute Gasteiger partial charge is 0.224 e. The molecule has 116 valence electrons. The fourth-order valence-electron chi connectivity index (χ4n) is 2.53. The van der Waals surface area contributed by atoms with Crippen LogP contribution >= 0.6 is 0 Å². The predicted octanol–water partition coefficient (Wildman–Crippen LogP) is 3.14. The van der Waals surface area contributed by atoms with Crippen molar-refractivity contribution in [3.05, 3.63) is 24.3 Å². The minimum atomic E-state index is 0.0569. The predicted molar refractivity (Wildman–Crippen MR) is 85.7 cm³/mol. The van der Waals surface area contributed by atoms with Gasteiger partial charge >= 0.3 is 0 Å². The van der Waals surface area contributed by atoms with Crippen LogP contribution in [0.1, 0.15) is 33.1 Å². The summed E-state index contributed by atoms with van der Waals surface area (Å²) in [7, 11) is 2.14. The summed E-state index contributed by atoms with van der Waals surface area (Å²) in [5.74, 6) is 1.26. The fraction of sp³-hybridized carbons (Fsp3) is 0.588. The van der Waals surface area contributed by atoms with Crippen LogP contribution in [0.2, 0.25) is 0 Å². The molecule has 2 rings (SSSR count). The number of anilines is 1. The van der Waals surface area contributed by atoms with Crippen LogP contribution in [0.25, 0.3) is 0 Å². The van der Waals surface area contributed by atoms with E-state index in [-0.39, 0.29) is 12.0 Å². The van der Waals surface area contributed by atoms with Crippen molar-refractivity contribution in [2.75, 3.05) is 25.5 Å². The number of hydrogen-bond donors (Lipinski definition) is 1. The second-order valence-electron chi connectivity index (χ2n) is 6.29. The van der Waals surface area contributed by atoms with Gasteiger partial charge in [-0.3, -0.25) is 4.79 Å². The first-order valence-electron chi connectivity index (χ1n) is 7.78. The van der Waals surface area contributed by atoms with Gasteiger partial charge < -0.3 is 15.0 Å². The van der Waals surface area contributed by atoms with Gasteiger partial charge in [0.2, 0.25) is 5.91 Å². The molecule has 0 atom stereocenters. The minimum absolute atomic E-state index is 0.0569. The Bertz CT molecular complexity index is 466. The molecule has 0 aromatic heterocycles. The van der Waals surface area contributed by atoms with Gasteiger partial charge in [0.15, 0.2) is 0 Å².